The van der Waals surface area contributed by atoms with Gasteiger partial charge in [-0.1, -0.05) is 24.0 Å². The highest BCUT2D eigenvalue weighted by atomic mass is 16.2. The lowest BCUT2D eigenvalue weighted by Gasteiger charge is -2.20. The molecule has 1 aromatic carbocycles. The molecule has 0 aromatic heterocycles. The molecule has 0 saturated carbocycles. The van der Waals surface area contributed by atoms with Crippen molar-refractivity contribution in [3.8, 4) is 11.8 Å². The lowest BCUT2D eigenvalue weighted by Crippen LogP contribution is -2.38. The molecule has 0 saturated heterocycles. The molecular formula is C15H20N2O2. The molecule has 0 heterocycles. The van der Waals surface area contributed by atoms with E-state index >= 15 is 0 Å². The molecule has 1 aromatic rings. The number of urea groups is 1. The van der Waals surface area contributed by atoms with E-state index in [1.54, 1.807) is 11.9 Å². The summed E-state index contributed by atoms with van der Waals surface area (Å²) in [7, 11) is 1.76. The number of benzene rings is 1. The highest BCUT2D eigenvalue weighted by Gasteiger charge is 2.11. The van der Waals surface area contributed by atoms with Gasteiger partial charge >= 0.3 is 6.03 Å². The van der Waals surface area contributed by atoms with Crippen LogP contribution in [0.25, 0.3) is 0 Å². The van der Waals surface area contributed by atoms with Gasteiger partial charge in [-0.2, -0.15) is 0 Å². The predicted molar refractivity (Wildman–Crippen MR) is 75.7 cm³/mol. The van der Waals surface area contributed by atoms with Crippen LogP contribution < -0.4 is 5.32 Å². The van der Waals surface area contributed by atoms with Crippen molar-refractivity contribution in [2.24, 2.45) is 0 Å². The summed E-state index contributed by atoms with van der Waals surface area (Å²) in [5, 5.41) is 11.6. The molecule has 19 heavy (non-hydrogen) atoms. The number of aliphatic hydroxyl groups is 1. The van der Waals surface area contributed by atoms with Crippen LogP contribution in [0, 0.1) is 11.8 Å². The minimum atomic E-state index is -0.155. The SMILES string of the molecule is CCN(C)C(=O)NC(C)c1cccc(C#CCO)c1. The number of rotatable bonds is 3. The number of hydrogen-bond donors (Lipinski definition) is 2. The zero-order valence-electron chi connectivity index (χ0n) is 11.6. The number of aliphatic hydroxyl groups excluding tert-OH is 1. The molecule has 0 bridgehead atoms. The summed E-state index contributed by atoms with van der Waals surface area (Å²) in [6, 6.07) is 7.45. The Balaban J connectivity index is 2.77. The molecule has 0 spiro atoms. The molecule has 1 rings (SSSR count). The molecule has 4 heteroatoms. The monoisotopic (exact) mass is 260 g/mol. The second-order valence-corrected chi connectivity index (χ2v) is 4.27. The first-order valence-corrected chi connectivity index (χ1v) is 6.29. The molecule has 0 aliphatic carbocycles. The van der Waals surface area contributed by atoms with Gasteiger partial charge in [0.2, 0.25) is 0 Å². The van der Waals surface area contributed by atoms with Crippen molar-refractivity contribution < 1.29 is 9.90 Å². The third-order valence-electron chi connectivity index (χ3n) is 2.86. The van der Waals surface area contributed by atoms with Crippen LogP contribution in [0.15, 0.2) is 24.3 Å². The fourth-order valence-corrected chi connectivity index (χ4v) is 1.55. The van der Waals surface area contributed by atoms with E-state index in [-0.39, 0.29) is 18.7 Å². The quantitative estimate of drug-likeness (QED) is 0.814. The largest absolute Gasteiger partial charge is 0.384 e. The van der Waals surface area contributed by atoms with Gasteiger partial charge < -0.3 is 15.3 Å². The van der Waals surface area contributed by atoms with Gasteiger partial charge in [0, 0.05) is 19.2 Å². The maximum absolute atomic E-state index is 11.8. The molecule has 0 aliphatic heterocycles. The normalized spacial score (nSPS) is 11.2. The number of nitrogens with one attached hydrogen (secondary N) is 1. The average molecular weight is 260 g/mol. The first-order valence-electron chi connectivity index (χ1n) is 6.29. The minimum Gasteiger partial charge on any atom is -0.384 e. The average Bonchev–Trinajstić information content (AvgIpc) is 2.44. The highest BCUT2D eigenvalue weighted by molar-refractivity contribution is 5.74. The third kappa shape index (κ3) is 4.65. The van der Waals surface area contributed by atoms with Gasteiger partial charge in [0.25, 0.3) is 0 Å². The molecular weight excluding hydrogens is 240 g/mol. The predicted octanol–water partition coefficient (Wildman–Crippen LogP) is 1.75. The van der Waals surface area contributed by atoms with Crippen molar-refractivity contribution in [2.75, 3.05) is 20.2 Å². The van der Waals surface area contributed by atoms with E-state index < -0.39 is 0 Å². The number of amides is 2. The number of nitrogens with zero attached hydrogens (tertiary/aromatic N) is 1. The fraction of sp³-hybridized carbons (Fsp3) is 0.400. The van der Waals surface area contributed by atoms with Crippen molar-refractivity contribution in [3.63, 3.8) is 0 Å². The lowest BCUT2D eigenvalue weighted by atomic mass is 10.1. The fourth-order valence-electron chi connectivity index (χ4n) is 1.55. The molecule has 0 fully saturated rings. The Labute approximate surface area is 114 Å². The van der Waals surface area contributed by atoms with Crippen LogP contribution in [0.3, 0.4) is 0 Å². The van der Waals surface area contributed by atoms with Crippen molar-refractivity contribution >= 4 is 6.03 Å². The van der Waals surface area contributed by atoms with Gasteiger partial charge in [0.05, 0.1) is 6.04 Å². The topological polar surface area (TPSA) is 52.6 Å². The Morgan fingerprint density at radius 2 is 2.26 bits per heavy atom. The van der Waals surface area contributed by atoms with Crippen LogP contribution in [-0.2, 0) is 0 Å². The Bertz CT molecular complexity index is 488. The molecule has 2 amide bonds. The Morgan fingerprint density at radius 1 is 1.53 bits per heavy atom. The summed E-state index contributed by atoms with van der Waals surface area (Å²) in [6.45, 7) is 4.37. The summed E-state index contributed by atoms with van der Waals surface area (Å²) < 4.78 is 0. The van der Waals surface area contributed by atoms with Crippen LogP contribution in [0.1, 0.15) is 31.0 Å². The molecule has 0 aliphatic rings. The summed E-state index contributed by atoms with van der Waals surface area (Å²) in [5.74, 6) is 5.46. The van der Waals surface area contributed by atoms with Gasteiger partial charge in [0.15, 0.2) is 0 Å². The Kier molecular flexibility index (Phi) is 5.91. The van der Waals surface area contributed by atoms with Gasteiger partial charge in [-0.05, 0) is 31.5 Å². The second kappa shape index (κ2) is 7.45. The molecule has 1 unspecified atom stereocenters. The van der Waals surface area contributed by atoms with Crippen LogP contribution in [0.5, 0.6) is 0 Å². The first kappa shape index (κ1) is 15.1. The van der Waals surface area contributed by atoms with Gasteiger partial charge in [-0.25, -0.2) is 4.79 Å². The van der Waals surface area contributed by atoms with Gasteiger partial charge in [0.1, 0.15) is 6.61 Å². The summed E-state index contributed by atoms with van der Waals surface area (Å²) >= 11 is 0. The molecule has 2 N–H and O–H groups in total. The summed E-state index contributed by atoms with van der Waals surface area (Å²) in [5.41, 5.74) is 1.82. The van der Waals surface area contributed by atoms with Gasteiger partial charge in [-0.3, -0.25) is 0 Å². The molecule has 4 nitrogen and oxygen atoms in total. The van der Waals surface area contributed by atoms with Crippen LogP contribution in [-0.4, -0.2) is 36.2 Å². The Hall–Kier alpha value is -1.99. The lowest BCUT2D eigenvalue weighted by molar-refractivity contribution is 0.208. The third-order valence-corrected chi connectivity index (χ3v) is 2.86. The zero-order chi connectivity index (χ0) is 14.3. The molecule has 102 valence electrons. The highest BCUT2D eigenvalue weighted by Crippen LogP contribution is 2.14. The summed E-state index contributed by atoms with van der Waals surface area (Å²) in [6.07, 6.45) is 0. The maximum atomic E-state index is 11.8. The van der Waals surface area contributed by atoms with E-state index in [1.165, 1.54) is 0 Å². The number of hydrogen-bond acceptors (Lipinski definition) is 2. The van der Waals surface area contributed by atoms with Crippen molar-refractivity contribution in [3.05, 3.63) is 35.4 Å². The molecule has 0 radical (unpaired) electrons. The zero-order valence-corrected chi connectivity index (χ0v) is 11.6. The van der Waals surface area contributed by atoms with Gasteiger partial charge in [-0.15, -0.1) is 0 Å². The smallest absolute Gasteiger partial charge is 0.317 e. The van der Waals surface area contributed by atoms with Crippen molar-refractivity contribution in [1.82, 2.24) is 10.2 Å². The number of carbonyl (C=O) groups excluding carboxylic acids is 1. The van der Waals surface area contributed by atoms with Crippen LogP contribution in [0.4, 0.5) is 4.79 Å². The van der Waals surface area contributed by atoms with Crippen molar-refractivity contribution in [1.29, 1.82) is 0 Å². The van der Waals surface area contributed by atoms with E-state index in [1.807, 2.05) is 38.1 Å². The van der Waals surface area contributed by atoms with Crippen LogP contribution >= 0.6 is 0 Å². The second-order valence-electron chi connectivity index (χ2n) is 4.27. The van der Waals surface area contributed by atoms with E-state index in [0.29, 0.717) is 6.54 Å². The van der Waals surface area contributed by atoms with Crippen LogP contribution in [0.2, 0.25) is 0 Å². The Morgan fingerprint density at radius 3 is 2.89 bits per heavy atom. The van der Waals surface area contributed by atoms with E-state index in [9.17, 15) is 4.79 Å². The summed E-state index contributed by atoms with van der Waals surface area (Å²) in [4.78, 5) is 13.4. The maximum Gasteiger partial charge on any atom is 0.317 e. The standard InChI is InChI=1S/C15H20N2O2/c1-4-17(3)15(19)16-12(2)14-9-5-7-13(11-14)8-6-10-18/h5,7,9,11-12,18H,4,10H2,1-3H3,(H,16,19). The van der Waals surface area contributed by atoms with E-state index in [2.05, 4.69) is 17.2 Å². The van der Waals surface area contributed by atoms with Crippen molar-refractivity contribution in [2.45, 2.75) is 19.9 Å². The minimum absolute atomic E-state index is 0.0858. The number of carbonyl (C=O) groups is 1. The van der Waals surface area contributed by atoms with E-state index in [0.717, 1.165) is 11.1 Å². The van der Waals surface area contributed by atoms with E-state index in [4.69, 9.17) is 5.11 Å². The first-order chi connectivity index (χ1) is 9.08. The molecule has 1 atom stereocenters.